The highest BCUT2D eigenvalue weighted by Crippen LogP contribution is 2.27. The summed E-state index contributed by atoms with van der Waals surface area (Å²) in [5, 5.41) is 6.39. The maximum absolute atomic E-state index is 15.5. The fourth-order valence-corrected chi connectivity index (χ4v) is 4.39. The summed E-state index contributed by atoms with van der Waals surface area (Å²) in [6, 6.07) is 15.6. The minimum atomic E-state index is -0.469. The topological polar surface area (TPSA) is 98.5 Å². The minimum absolute atomic E-state index is 0.0333. The van der Waals surface area contributed by atoms with Crippen LogP contribution in [0.15, 0.2) is 76.9 Å². The molecule has 1 N–H and O–H groups in total. The summed E-state index contributed by atoms with van der Waals surface area (Å²) in [4.78, 5) is 38.4. The number of benzene rings is 2. The molecule has 0 spiro atoms. The molecular formula is C29H28FN5O3. The van der Waals surface area contributed by atoms with Gasteiger partial charge in [0.1, 0.15) is 18.8 Å². The van der Waals surface area contributed by atoms with Crippen molar-refractivity contribution in [3.63, 3.8) is 0 Å². The van der Waals surface area contributed by atoms with Crippen molar-refractivity contribution in [2.24, 2.45) is 5.16 Å². The first-order valence-electron chi connectivity index (χ1n) is 12.2. The summed E-state index contributed by atoms with van der Waals surface area (Å²) in [6.07, 6.45) is 5.14. The fourth-order valence-electron chi connectivity index (χ4n) is 4.39. The van der Waals surface area contributed by atoms with Gasteiger partial charge < -0.3 is 10.2 Å². The van der Waals surface area contributed by atoms with Crippen LogP contribution in [0.4, 0.5) is 4.39 Å². The number of hydrogen-bond acceptors (Lipinski definition) is 6. The molecule has 0 unspecified atom stereocenters. The molecule has 0 saturated heterocycles. The van der Waals surface area contributed by atoms with Gasteiger partial charge in [0.15, 0.2) is 5.84 Å². The number of halogens is 1. The molecule has 8 nitrogen and oxygen atoms in total. The molecule has 4 aromatic rings. The van der Waals surface area contributed by atoms with Gasteiger partial charge in [-0.1, -0.05) is 54.5 Å². The average molecular weight is 514 g/mol. The van der Waals surface area contributed by atoms with Crippen molar-refractivity contribution >= 4 is 12.2 Å². The molecule has 2 aromatic carbocycles. The number of pyridine rings is 1. The lowest BCUT2D eigenvalue weighted by Crippen LogP contribution is -2.28. The van der Waals surface area contributed by atoms with Crippen LogP contribution >= 0.6 is 0 Å². The Morgan fingerprint density at radius 1 is 1.16 bits per heavy atom. The van der Waals surface area contributed by atoms with Crippen LogP contribution in [-0.2, 0) is 22.6 Å². The van der Waals surface area contributed by atoms with Gasteiger partial charge in [0.2, 0.25) is 6.41 Å². The highest BCUT2D eigenvalue weighted by Gasteiger charge is 2.18. The van der Waals surface area contributed by atoms with Crippen molar-refractivity contribution in [3.05, 3.63) is 106 Å². The molecule has 2 heterocycles. The standard InChI is InChI=1S/C29H28FN5O3/c1-4-8-26-33-19(2)27(21-9-7-14-31-16-21)29(37)35(26)17-22-13-12-20(15-25(22)30)23-10-5-6-11-24(23)28(32-18-36)34-38-3/h5-7,9-16,18H,4,8,17H2,1-3H3,(H,32,34,36). The van der Waals surface area contributed by atoms with Gasteiger partial charge >= 0.3 is 0 Å². The lowest BCUT2D eigenvalue weighted by atomic mass is 9.97. The minimum Gasteiger partial charge on any atom is -0.397 e. The summed E-state index contributed by atoms with van der Waals surface area (Å²) in [5.74, 6) is 0.340. The quantitative estimate of drug-likeness (QED) is 0.154. The predicted octanol–water partition coefficient (Wildman–Crippen LogP) is 4.47. The Hall–Kier alpha value is -4.66. The number of aromatic nitrogens is 3. The number of amidine groups is 1. The summed E-state index contributed by atoms with van der Waals surface area (Å²) in [6.45, 7) is 3.85. The van der Waals surface area contributed by atoms with E-state index in [2.05, 4.69) is 15.5 Å². The number of rotatable bonds is 9. The summed E-state index contributed by atoms with van der Waals surface area (Å²) < 4.78 is 17.1. The highest BCUT2D eigenvalue weighted by atomic mass is 19.1. The van der Waals surface area contributed by atoms with E-state index in [1.807, 2.05) is 19.1 Å². The van der Waals surface area contributed by atoms with E-state index in [-0.39, 0.29) is 17.9 Å². The van der Waals surface area contributed by atoms with E-state index in [0.29, 0.717) is 57.7 Å². The van der Waals surface area contributed by atoms with Crippen molar-refractivity contribution in [1.82, 2.24) is 19.9 Å². The Kier molecular flexibility index (Phi) is 8.37. The molecule has 0 atom stereocenters. The average Bonchev–Trinajstić information content (AvgIpc) is 2.92. The molecule has 0 aliphatic carbocycles. The Morgan fingerprint density at radius 2 is 1.97 bits per heavy atom. The van der Waals surface area contributed by atoms with Crippen LogP contribution in [0.3, 0.4) is 0 Å². The zero-order chi connectivity index (χ0) is 27.1. The molecule has 0 aliphatic rings. The first-order chi connectivity index (χ1) is 18.5. The number of hydrogen-bond donors (Lipinski definition) is 1. The van der Waals surface area contributed by atoms with Crippen molar-refractivity contribution < 1.29 is 14.0 Å². The monoisotopic (exact) mass is 513 g/mol. The fraction of sp³-hybridized carbons (Fsp3) is 0.207. The van der Waals surface area contributed by atoms with E-state index in [4.69, 9.17) is 9.82 Å². The molecule has 0 radical (unpaired) electrons. The van der Waals surface area contributed by atoms with Gasteiger partial charge in [-0.2, -0.15) is 0 Å². The third-order valence-corrected chi connectivity index (χ3v) is 6.11. The van der Waals surface area contributed by atoms with Gasteiger partial charge in [0.25, 0.3) is 5.56 Å². The second-order valence-corrected chi connectivity index (χ2v) is 8.61. The van der Waals surface area contributed by atoms with Crippen LogP contribution in [0, 0.1) is 12.7 Å². The third-order valence-electron chi connectivity index (χ3n) is 6.11. The SMILES string of the molecule is CCCc1nc(C)c(-c2cccnc2)c(=O)n1Cc1ccc(-c2ccccc2/C(=N/OC)NC=O)cc1F. The van der Waals surface area contributed by atoms with Gasteiger partial charge in [0.05, 0.1) is 17.8 Å². The van der Waals surface area contributed by atoms with E-state index < -0.39 is 5.82 Å². The molecule has 38 heavy (non-hydrogen) atoms. The lowest BCUT2D eigenvalue weighted by Gasteiger charge is -2.17. The zero-order valence-electron chi connectivity index (χ0n) is 21.4. The predicted molar refractivity (Wildman–Crippen MR) is 144 cm³/mol. The number of nitrogens with zero attached hydrogens (tertiary/aromatic N) is 4. The zero-order valence-corrected chi connectivity index (χ0v) is 21.4. The summed E-state index contributed by atoms with van der Waals surface area (Å²) >= 11 is 0. The Balaban J connectivity index is 1.77. The van der Waals surface area contributed by atoms with E-state index in [1.165, 1.54) is 13.2 Å². The number of amides is 1. The first-order valence-corrected chi connectivity index (χ1v) is 12.2. The number of nitrogens with one attached hydrogen (secondary N) is 1. The molecule has 4 rings (SSSR count). The maximum Gasteiger partial charge on any atom is 0.262 e. The van der Waals surface area contributed by atoms with Crippen LogP contribution in [0.5, 0.6) is 0 Å². The van der Waals surface area contributed by atoms with E-state index in [9.17, 15) is 9.59 Å². The Bertz CT molecular complexity index is 1530. The van der Waals surface area contributed by atoms with Crippen LogP contribution < -0.4 is 10.9 Å². The van der Waals surface area contributed by atoms with Crippen LogP contribution in [0.2, 0.25) is 0 Å². The van der Waals surface area contributed by atoms with Gasteiger partial charge in [-0.25, -0.2) is 9.37 Å². The van der Waals surface area contributed by atoms with Gasteiger partial charge in [-0.3, -0.25) is 19.1 Å². The molecule has 0 aliphatic heterocycles. The van der Waals surface area contributed by atoms with Crippen molar-refractivity contribution in [2.75, 3.05) is 7.11 Å². The molecule has 9 heteroatoms. The van der Waals surface area contributed by atoms with E-state index in [1.54, 1.807) is 60.3 Å². The number of oxime groups is 1. The summed E-state index contributed by atoms with van der Waals surface area (Å²) in [5.41, 5.74) is 3.67. The van der Waals surface area contributed by atoms with Gasteiger partial charge in [-0.15, -0.1) is 0 Å². The van der Waals surface area contributed by atoms with E-state index >= 15 is 4.39 Å². The second-order valence-electron chi connectivity index (χ2n) is 8.61. The van der Waals surface area contributed by atoms with Gasteiger partial charge in [-0.05, 0) is 36.6 Å². The Morgan fingerprint density at radius 3 is 2.66 bits per heavy atom. The number of aryl methyl sites for hydroxylation is 2. The smallest absolute Gasteiger partial charge is 0.262 e. The molecule has 0 saturated carbocycles. The maximum atomic E-state index is 15.5. The van der Waals surface area contributed by atoms with E-state index in [0.717, 1.165) is 6.42 Å². The largest absolute Gasteiger partial charge is 0.397 e. The van der Waals surface area contributed by atoms with Gasteiger partial charge in [0, 0.05) is 35.5 Å². The summed E-state index contributed by atoms with van der Waals surface area (Å²) in [7, 11) is 1.37. The lowest BCUT2D eigenvalue weighted by molar-refractivity contribution is -0.108. The Labute approximate surface area is 219 Å². The molecule has 2 aromatic heterocycles. The van der Waals surface area contributed by atoms with Crippen molar-refractivity contribution in [3.8, 4) is 22.3 Å². The number of carbonyl (C=O) groups is 1. The molecule has 1 amide bonds. The van der Waals surface area contributed by atoms with Crippen molar-refractivity contribution in [2.45, 2.75) is 33.2 Å². The number of carbonyl (C=O) groups excluding carboxylic acids is 1. The molecular weight excluding hydrogens is 485 g/mol. The highest BCUT2D eigenvalue weighted by molar-refractivity contribution is 6.08. The van der Waals surface area contributed by atoms with Crippen molar-refractivity contribution in [1.29, 1.82) is 0 Å². The molecule has 0 fully saturated rings. The third kappa shape index (κ3) is 5.51. The molecule has 0 bridgehead atoms. The second kappa shape index (κ2) is 12.1. The normalized spacial score (nSPS) is 11.3. The molecule has 194 valence electrons. The van der Waals surface area contributed by atoms with Crippen LogP contribution in [-0.4, -0.2) is 33.9 Å². The van der Waals surface area contributed by atoms with Crippen LogP contribution in [0.25, 0.3) is 22.3 Å². The van der Waals surface area contributed by atoms with Crippen LogP contribution in [0.1, 0.15) is 36.0 Å². The first kappa shape index (κ1) is 26.4.